The largest absolute Gasteiger partial charge is 0.354 e. The van der Waals surface area contributed by atoms with Gasteiger partial charge in [0.1, 0.15) is 5.82 Å². The van der Waals surface area contributed by atoms with E-state index in [2.05, 4.69) is 30.0 Å². The van der Waals surface area contributed by atoms with Gasteiger partial charge in [0.25, 0.3) is 0 Å². The maximum atomic E-state index is 11.7. The topological polar surface area (TPSA) is 95.4 Å². The number of aromatic nitrogens is 4. The maximum Gasteiger partial charge on any atom is 0.247 e. The van der Waals surface area contributed by atoms with E-state index in [1.165, 1.54) is 0 Å². The third kappa shape index (κ3) is 3.95. The lowest BCUT2D eigenvalue weighted by Crippen LogP contribution is -2.47. The fourth-order valence-electron chi connectivity index (χ4n) is 3.53. The van der Waals surface area contributed by atoms with E-state index in [1.807, 2.05) is 30.1 Å². The van der Waals surface area contributed by atoms with Crippen LogP contribution in [0.3, 0.4) is 0 Å². The molecule has 10 heteroatoms. The van der Waals surface area contributed by atoms with Crippen molar-refractivity contribution in [3.63, 3.8) is 0 Å². The van der Waals surface area contributed by atoms with Gasteiger partial charge in [-0.1, -0.05) is 6.07 Å². The Morgan fingerprint density at radius 2 is 1.93 bits per heavy atom. The second-order valence-corrected chi connectivity index (χ2v) is 9.17. The Morgan fingerprint density at radius 1 is 1.15 bits per heavy atom. The Kier molecular flexibility index (Phi) is 4.81. The molecule has 1 atom stereocenters. The Morgan fingerprint density at radius 3 is 2.59 bits per heavy atom. The molecular formula is C17H23N7O2S. The van der Waals surface area contributed by atoms with Gasteiger partial charge in [-0.2, -0.15) is 10.1 Å². The maximum absolute atomic E-state index is 11.7. The van der Waals surface area contributed by atoms with Crippen LogP contribution in [0, 0.1) is 0 Å². The first-order chi connectivity index (χ1) is 13.0. The summed E-state index contributed by atoms with van der Waals surface area (Å²) >= 11 is 0. The van der Waals surface area contributed by atoms with Crippen LogP contribution in [0.25, 0.3) is 0 Å². The molecule has 0 aromatic carbocycles. The number of hydrogen-bond donors (Lipinski definition) is 0. The van der Waals surface area contributed by atoms with Crippen LogP contribution in [0.1, 0.15) is 6.42 Å². The molecule has 2 aliphatic rings. The molecule has 0 spiro atoms. The highest BCUT2D eigenvalue weighted by atomic mass is 32.2. The van der Waals surface area contributed by atoms with Crippen molar-refractivity contribution in [2.24, 2.45) is 0 Å². The van der Waals surface area contributed by atoms with Crippen LogP contribution in [0.5, 0.6) is 0 Å². The summed E-state index contributed by atoms with van der Waals surface area (Å²) in [6.45, 7) is 3.23. The zero-order chi connectivity index (χ0) is 18.9. The van der Waals surface area contributed by atoms with Gasteiger partial charge >= 0.3 is 0 Å². The predicted molar refractivity (Wildman–Crippen MR) is 104 cm³/mol. The fraction of sp³-hybridized carbons (Fsp3) is 0.529. The Labute approximate surface area is 159 Å². The number of hydrogen-bond acceptors (Lipinski definition) is 9. The molecule has 2 aliphatic heterocycles. The molecule has 0 N–H and O–H groups in total. The van der Waals surface area contributed by atoms with E-state index >= 15 is 0 Å². The van der Waals surface area contributed by atoms with Crippen molar-refractivity contribution in [3.8, 4) is 0 Å². The standard InChI is InChI=1S/C17H23N7O2S/c1-22(14-5-11-27(25,26)13-14)16-12-19-21-17(20-16)24-9-7-23(8-10-24)15-4-2-3-6-18-15/h2-4,6,12,14H,5,7-11,13H2,1H3. The summed E-state index contributed by atoms with van der Waals surface area (Å²) < 4.78 is 23.5. The lowest BCUT2D eigenvalue weighted by atomic mass is 10.2. The zero-order valence-corrected chi connectivity index (χ0v) is 16.1. The van der Waals surface area contributed by atoms with Gasteiger partial charge in [-0.3, -0.25) is 0 Å². The van der Waals surface area contributed by atoms with Crippen molar-refractivity contribution >= 4 is 27.4 Å². The third-order valence-electron chi connectivity index (χ3n) is 5.19. The second kappa shape index (κ2) is 7.26. The quantitative estimate of drug-likeness (QED) is 0.727. The molecule has 0 bridgehead atoms. The minimum atomic E-state index is -2.94. The summed E-state index contributed by atoms with van der Waals surface area (Å²) in [5.41, 5.74) is 0. The van der Waals surface area contributed by atoms with E-state index in [1.54, 1.807) is 12.4 Å². The summed E-state index contributed by atoms with van der Waals surface area (Å²) in [5.74, 6) is 2.64. The Balaban J connectivity index is 1.43. The molecule has 0 amide bonds. The van der Waals surface area contributed by atoms with E-state index in [0.29, 0.717) is 18.2 Å². The van der Waals surface area contributed by atoms with E-state index in [9.17, 15) is 8.42 Å². The summed E-state index contributed by atoms with van der Waals surface area (Å²) in [5, 5.41) is 8.28. The summed E-state index contributed by atoms with van der Waals surface area (Å²) in [6, 6.07) is 5.86. The van der Waals surface area contributed by atoms with Crippen molar-refractivity contribution in [3.05, 3.63) is 30.6 Å². The number of piperazine rings is 1. The van der Waals surface area contributed by atoms with Gasteiger partial charge in [0.2, 0.25) is 5.95 Å². The first-order valence-electron chi connectivity index (χ1n) is 9.06. The highest BCUT2D eigenvalue weighted by Crippen LogP contribution is 2.22. The molecule has 0 radical (unpaired) electrons. The summed E-state index contributed by atoms with van der Waals surface area (Å²) in [4.78, 5) is 15.3. The van der Waals surface area contributed by atoms with Crippen molar-refractivity contribution in [2.75, 3.05) is 59.4 Å². The molecule has 2 saturated heterocycles. The molecule has 2 aromatic rings. The fourth-order valence-corrected chi connectivity index (χ4v) is 5.31. The highest BCUT2D eigenvalue weighted by Gasteiger charge is 2.31. The number of nitrogens with zero attached hydrogens (tertiary/aromatic N) is 7. The summed E-state index contributed by atoms with van der Waals surface area (Å²) in [7, 11) is -1.07. The molecule has 0 aliphatic carbocycles. The first kappa shape index (κ1) is 17.9. The molecule has 4 heterocycles. The van der Waals surface area contributed by atoms with E-state index < -0.39 is 9.84 Å². The van der Waals surface area contributed by atoms with E-state index in [4.69, 9.17) is 0 Å². The van der Waals surface area contributed by atoms with Crippen LogP contribution >= 0.6 is 0 Å². The number of rotatable bonds is 4. The van der Waals surface area contributed by atoms with Crippen molar-refractivity contribution in [2.45, 2.75) is 12.5 Å². The highest BCUT2D eigenvalue weighted by molar-refractivity contribution is 7.91. The molecule has 2 aromatic heterocycles. The number of sulfone groups is 1. The molecule has 4 rings (SSSR count). The van der Waals surface area contributed by atoms with Gasteiger partial charge in [0.15, 0.2) is 15.7 Å². The molecule has 2 fully saturated rings. The normalized spacial score (nSPS) is 22.0. The second-order valence-electron chi connectivity index (χ2n) is 6.94. The van der Waals surface area contributed by atoms with E-state index in [0.717, 1.165) is 32.0 Å². The van der Waals surface area contributed by atoms with Crippen LogP contribution in [0.2, 0.25) is 0 Å². The number of anilines is 3. The van der Waals surface area contributed by atoms with Crippen molar-refractivity contribution < 1.29 is 8.42 Å². The van der Waals surface area contributed by atoms with Crippen LogP contribution in [-0.4, -0.2) is 79.4 Å². The minimum absolute atomic E-state index is 0.0550. The molecule has 144 valence electrons. The van der Waals surface area contributed by atoms with Gasteiger partial charge < -0.3 is 14.7 Å². The molecular weight excluding hydrogens is 366 g/mol. The van der Waals surface area contributed by atoms with Crippen LogP contribution in [0.4, 0.5) is 17.6 Å². The van der Waals surface area contributed by atoms with E-state index in [-0.39, 0.29) is 17.5 Å². The molecule has 0 saturated carbocycles. The minimum Gasteiger partial charge on any atom is -0.354 e. The first-order valence-corrected chi connectivity index (χ1v) is 10.9. The van der Waals surface area contributed by atoms with Gasteiger partial charge in [-0.25, -0.2) is 13.4 Å². The van der Waals surface area contributed by atoms with Gasteiger partial charge in [0, 0.05) is 45.5 Å². The smallest absolute Gasteiger partial charge is 0.247 e. The average molecular weight is 389 g/mol. The van der Waals surface area contributed by atoms with Crippen LogP contribution in [0.15, 0.2) is 30.6 Å². The van der Waals surface area contributed by atoms with Gasteiger partial charge in [0.05, 0.1) is 17.7 Å². The lowest BCUT2D eigenvalue weighted by Gasteiger charge is -2.35. The Hall–Kier alpha value is -2.49. The summed E-state index contributed by atoms with van der Waals surface area (Å²) in [6.07, 6.45) is 4.02. The monoisotopic (exact) mass is 389 g/mol. The van der Waals surface area contributed by atoms with Crippen molar-refractivity contribution in [1.82, 2.24) is 20.2 Å². The van der Waals surface area contributed by atoms with Gasteiger partial charge in [-0.15, -0.1) is 5.10 Å². The predicted octanol–water partition coefficient (Wildman–Crippen LogP) is 0.217. The molecule has 1 unspecified atom stereocenters. The van der Waals surface area contributed by atoms with Crippen LogP contribution in [-0.2, 0) is 9.84 Å². The van der Waals surface area contributed by atoms with Crippen molar-refractivity contribution in [1.29, 1.82) is 0 Å². The Bertz CT molecular complexity index is 885. The zero-order valence-electron chi connectivity index (χ0n) is 15.3. The average Bonchev–Trinajstić information content (AvgIpc) is 3.08. The lowest BCUT2D eigenvalue weighted by molar-refractivity contribution is 0.600. The molecule has 9 nitrogen and oxygen atoms in total. The van der Waals surface area contributed by atoms with Crippen LogP contribution < -0.4 is 14.7 Å². The molecule has 27 heavy (non-hydrogen) atoms. The SMILES string of the molecule is CN(c1cnnc(N2CCN(c3ccccn3)CC2)n1)C1CCS(=O)(=O)C1. The third-order valence-corrected chi connectivity index (χ3v) is 6.94. The van der Waals surface area contributed by atoms with Gasteiger partial charge in [-0.05, 0) is 18.6 Å². The number of pyridine rings is 1.